The molecule has 27 heavy (non-hydrogen) atoms. The van der Waals surface area contributed by atoms with Crippen molar-refractivity contribution in [1.29, 1.82) is 0 Å². The largest absolute Gasteiger partial charge is 0.507 e. The number of hydrogen-bond acceptors (Lipinski definition) is 7. The van der Waals surface area contributed by atoms with Gasteiger partial charge in [0.25, 0.3) is 0 Å². The van der Waals surface area contributed by atoms with E-state index in [0.29, 0.717) is 35.1 Å². The number of carbonyl (C=O) groups is 1. The average molecular weight is 366 g/mol. The predicted octanol–water partition coefficient (Wildman–Crippen LogP) is 3.26. The summed E-state index contributed by atoms with van der Waals surface area (Å²) >= 11 is 0. The van der Waals surface area contributed by atoms with Crippen LogP contribution in [0, 0.1) is 0 Å². The SMILES string of the molecule is COc1ccc(-c2ncccc2COc2cccc(O)c2C=O)c(OC)n1. The summed E-state index contributed by atoms with van der Waals surface area (Å²) in [6, 6.07) is 11.8. The zero-order valence-electron chi connectivity index (χ0n) is 14.9. The Bertz CT molecular complexity index is 959. The summed E-state index contributed by atoms with van der Waals surface area (Å²) < 4.78 is 16.2. The van der Waals surface area contributed by atoms with Gasteiger partial charge in [-0.1, -0.05) is 12.1 Å². The number of methoxy groups -OCH3 is 2. The highest BCUT2D eigenvalue weighted by atomic mass is 16.5. The van der Waals surface area contributed by atoms with Crippen LogP contribution in [0.25, 0.3) is 11.3 Å². The molecule has 0 aliphatic carbocycles. The minimum Gasteiger partial charge on any atom is -0.507 e. The van der Waals surface area contributed by atoms with Crippen molar-refractivity contribution < 1.29 is 24.1 Å². The first-order valence-electron chi connectivity index (χ1n) is 8.11. The second-order valence-electron chi connectivity index (χ2n) is 5.52. The van der Waals surface area contributed by atoms with Crippen molar-refractivity contribution >= 4 is 6.29 Å². The first-order chi connectivity index (χ1) is 13.2. The van der Waals surface area contributed by atoms with Gasteiger partial charge >= 0.3 is 0 Å². The molecule has 7 heteroatoms. The maximum Gasteiger partial charge on any atom is 0.226 e. The lowest BCUT2D eigenvalue weighted by atomic mass is 10.1. The molecule has 0 aliphatic heterocycles. The molecule has 0 radical (unpaired) electrons. The summed E-state index contributed by atoms with van der Waals surface area (Å²) in [5.41, 5.74) is 2.19. The van der Waals surface area contributed by atoms with Crippen LogP contribution in [0.5, 0.6) is 23.3 Å². The topological polar surface area (TPSA) is 90.8 Å². The molecule has 0 atom stereocenters. The zero-order chi connectivity index (χ0) is 19.2. The van der Waals surface area contributed by atoms with Crippen molar-refractivity contribution in [3.8, 4) is 34.5 Å². The van der Waals surface area contributed by atoms with Crippen molar-refractivity contribution in [2.75, 3.05) is 14.2 Å². The Morgan fingerprint density at radius 3 is 2.67 bits per heavy atom. The monoisotopic (exact) mass is 366 g/mol. The van der Waals surface area contributed by atoms with Crippen LogP contribution in [0.2, 0.25) is 0 Å². The molecule has 2 heterocycles. The minimum atomic E-state index is -0.130. The lowest BCUT2D eigenvalue weighted by Gasteiger charge is -2.14. The van der Waals surface area contributed by atoms with Crippen LogP contribution in [-0.2, 0) is 6.61 Å². The number of phenols is 1. The number of rotatable bonds is 7. The Balaban J connectivity index is 1.94. The molecule has 0 amide bonds. The number of carbonyl (C=O) groups excluding carboxylic acids is 1. The van der Waals surface area contributed by atoms with Gasteiger partial charge in [0.1, 0.15) is 18.1 Å². The van der Waals surface area contributed by atoms with E-state index >= 15 is 0 Å². The maximum absolute atomic E-state index is 11.2. The van der Waals surface area contributed by atoms with E-state index in [9.17, 15) is 9.90 Å². The van der Waals surface area contributed by atoms with E-state index in [2.05, 4.69) is 9.97 Å². The molecular weight excluding hydrogens is 348 g/mol. The van der Waals surface area contributed by atoms with Gasteiger partial charge in [0, 0.05) is 17.8 Å². The van der Waals surface area contributed by atoms with E-state index in [-0.39, 0.29) is 17.9 Å². The predicted molar refractivity (Wildman–Crippen MR) is 98.4 cm³/mol. The van der Waals surface area contributed by atoms with Crippen molar-refractivity contribution in [3.63, 3.8) is 0 Å². The summed E-state index contributed by atoms with van der Waals surface area (Å²) in [6.45, 7) is 0.142. The Morgan fingerprint density at radius 2 is 1.93 bits per heavy atom. The molecule has 0 bridgehead atoms. The lowest BCUT2D eigenvalue weighted by molar-refractivity contribution is 0.111. The number of pyridine rings is 2. The smallest absolute Gasteiger partial charge is 0.226 e. The number of benzene rings is 1. The van der Waals surface area contributed by atoms with Gasteiger partial charge in [0.2, 0.25) is 11.8 Å². The zero-order valence-corrected chi connectivity index (χ0v) is 14.9. The van der Waals surface area contributed by atoms with Crippen molar-refractivity contribution in [3.05, 3.63) is 59.8 Å². The summed E-state index contributed by atoms with van der Waals surface area (Å²) in [7, 11) is 3.05. The van der Waals surface area contributed by atoms with Gasteiger partial charge in [0.15, 0.2) is 6.29 Å². The third-order valence-corrected chi connectivity index (χ3v) is 3.93. The summed E-state index contributed by atoms with van der Waals surface area (Å²) in [4.78, 5) is 19.9. The van der Waals surface area contributed by atoms with Gasteiger partial charge < -0.3 is 19.3 Å². The molecular formula is C20H18N2O5. The summed E-state index contributed by atoms with van der Waals surface area (Å²) in [5, 5.41) is 9.78. The van der Waals surface area contributed by atoms with Crippen molar-refractivity contribution in [1.82, 2.24) is 9.97 Å². The van der Waals surface area contributed by atoms with E-state index in [1.165, 1.54) is 20.3 Å². The Morgan fingerprint density at radius 1 is 1.07 bits per heavy atom. The van der Waals surface area contributed by atoms with E-state index in [0.717, 1.165) is 5.56 Å². The van der Waals surface area contributed by atoms with Crippen molar-refractivity contribution in [2.24, 2.45) is 0 Å². The first-order valence-corrected chi connectivity index (χ1v) is 8.11. The third-order valence-electron chi connectivity index (χ3n) is 3.93. The fourth-order valence-corrected chi connectivity index (χ4v) is 2.60. The fourth-order valence-electron chi connectivity index (χ4n) is 2.60. The molecule has 3 aromatic rings. The molecule has 2 aromatic heterocycles. The standard InChI is InChI=1S/C20H18N2O5/c1-25-18-9-8-14(20(22-18)26-2)19-13(5-4-10-21-19)12-27-17-7-3-6-16(24)15(17)11-23/h3-11,24H,12H2,1-2H3. The van der Waals surface area contributed by atoms with Gasteiger partial charge in [-0.2, -0.15) is 4.98 Å². The molecule has 1 N–H and O–H groups in total. The van der Waals surface area contributed by atoms with Crippen LogP contribution in [0.4, 0.5) is 0 Å². The van der Waals surface area contributed by atoms with Gasteiger partial charge in [0.05, 0.1) is 31.0 Å². The average Bonchev–Trinajstić information content (AvgIpc) is 2.72. The van der Waals surface area contributed by atoms with E-state index < -0.39 is 0 Å². The number of aromatic hydroxyl groups is 1. The summed E-state index contributed by atoms with van der Waals surface area (Å²) in [5.74, 6) is 0.967. The molecule has 0 spiro atoms. The molecule has 0 fully saturated rings. The summed E-state index contributed by atoms with van der Waals surface area (Å²) in [6.07, 6.45) is 2.22. The Labute approximate surface area is 156 Å². The number of ether oxygens (including phenoxy) is 3. The Kier molecular flexibility index (Phi) is 5.51. The van der Waals surface area contributed by atoms with Gasteiger partial charge in [-0.25, -0.2) is 0 Å². The quantitative estimate of drug-likeness (QED) is 0.642. The first kappa shape index (κ1) is 18.2. The molecule has 0 unspecified atom stereocenters. The number of nitrogens with zero attached hydrogens (tertiary/aromatic N) is 2. The van der Waals surface area contributed by atoms with Crippen LogP contribution in [0.3, 0.4) is 0 Å². The number of hydrogen-bond donors (Lipinski definition) is 1. The lowest BCUT2D eigenvalue weighted by Crippen LogP contribution is -2.03. The number of aromatic nitrogens is 2. The van der Waals surface area contributed by atoms with Gasteiger partial charge in [-0.15, -0.1) is 0 Å². The van der Waals surface area contributed by atoms with Crippen LogP contribution in [-0.4, -0.2) is 35.6 Å². The van der Waals surface area contributed by atoms with Gasteiger partial charge in [-0.05, 0) is 24.3 Å². The molecule has 0 saturated heterocycles. The highest BCUT2D eigenvalue weighted by Crippen LogP contribution is 2.32. The van der Waals surface area contributed by atoms with Crippen LogP contribution in [0.15, 0.2) is 48.7 Å². The highest BCUT2D eigenvalue weighted by Gasteiger charge is 2.15. The van der Waals surface area contributed by atoms with Crippen LogP contribution >= 0.6 is 0 Å². The van der Waals surface area contributed by atoms with Crippen LogP contribution < -0.4 is 14.2 Å². The highest BCUT2D eigenvalue weighted by molar-refractivity contribution is 5.83. The fraction of sp³-hybridized carbons (Fsp3) is 0.150. The molecule has 0 aliphatic rings. The normalized spacial score (nSPS) is 10.3. The van der Waals surface area contributed by atoms with Crippen LogP contribution in [0.1, 0.15) is 15.9 Å². The second-order valence-corrected chi connectivity index (χ2v) is 5.52. The molecule has 3 rings (SSSR count). The number of aldehydes is 1. The van der Waals surface area contributed by atoms with E-state index in [4.69, 9.17) is 14.2 Å². The molecule has 1 aromatic carbocycles. The molecule has 7 nitrogen and oxygen atoms in total. The number of phenolic OH excluding ortho intramolecular Hbond substituents is 1. The molecule has 0 saturated carbocycles. The maximum atomic E-state index is 11.2. The third kappa shape index (κ3) is 3.82. The second kappa shape index (κ2) is 8.18. The van der Waals surface area contributed by atoms with E-state index in [1.807, 2.05) is 12.1 Å². The Hall–Kier alpha value is -3.61. The minimum absolute atomic E-state index is 0.103. The van der Waals surface area contributed by atoms with Crippen molar-refractivity contribution in [2.45, 2.75) is 6.61 Å². The van der Waals surface area contributed by atoms with E-state index in [1.54, 1.807) is 30.5 Å². The van der Waals surface area contributed by atoms with Gasteiger partial charge in [-0.3, -0.25) is 9.78 Å². The molecule has 138 valence electrons.